The molecule has 0 unspecified atom stereocenters. The van der Waals surface area contributed by atoms with Crippen LogP contribution in [0.5, 0.6) is 11.5 Å². The van der Waals surface area contributed by atoms with Crippen molar-refractivity contribution in [1.29, 1.82) is 0 Å². The van der Waals surface area contributed by atoms with Gasteiger partial charge in [-0.1, -0.05) is 15.9 Å². The molecule has 0 aliphatic carbocycles. The van der Waals surface area contributed by atoms with Gasteiger partial charge >= 0.3 is 0 Å². The van der Waals surface area contributed by atoms with Crippen molar-refractivity contribution in [3.63, 3.8) is 0 Å². The van der Waals surface area contributed by atoms with Crippen LogP contribution in [-0.2, 0) is 11.3 Å². The standard InChI is InChI=1S/C21H20BrN3O3/c1-27-19-7-5-18(6-8-19)25-12-11-17(24-25)14-23-21(26)10-3-15-13-16(22)4-9-20(15)28-2/h3-13H,14H2,1-2H3,(H,23,26)/b10-3+. The minimum absolute atomic E-state index is 0.207. The monoisotopic (exact) mass is 441 g/mol. The van der Waals surface area contributed by atoms with Crippen LogP contribution in [0.25, 0.3) is 11.8 Å². The normalized spacial score (nSPS) is 10.8. The summed E-state index contributed by atoms with van der Waals surface area (Å²) in [4.78, 5) is 12.1. The molecule has 0 fully saturated rings. The van der Waals surface area contributed by atoms with E-state index < -0.39 is 0 Å². The average Bonchev–Trinajstić information content (AvgIpc) is 3.20. The Labute approximate surface area is 171 Å². The van der Waals surface area contributed by atoms with Crippen LogP contribution in [0.1, 0.15) is 11.3 Å². The third kappa shape index (κ3) is 5.01. The zero-order valence-corrected chi connectivity index (χ0v) is 17.1. The van der Waals surface area contributed by atoms with E-state index in [2.05, 4.69) is 26.3 Å². The van der Waals surface area contributed by atoms with Gasteiger partial charge in [0.15, 0.2) is 0 Å². The van der Waals surface area contributed by atoms with E-state index >= 15 is 0 Å². The molecular weight excluding hydrogens is 422 g/mol. The number of benzene rings is 2. The van der Waals surface area contributed by atoms with Crippen molar-refractivity contribution in [2.24, 2.45) is 0 Å². The number of nitrogens with zero attached hydrogens (tertiary/aromatic N) is 2. The van der Waals surface area contributed by atoms with Crippen molar-refractivity contribution >= 4 is 27.9 Å². The van der Waals surface area contributed by atoms with Crippen LogP contribution in [0.4, 0.5) is 0 Å². The molecule has 7 heteroatoms. The molecule has 0 atom stereocenters. The van der Waals surface area contributed by atoms with Gasteiger partial charge in [-0.15, -0.1) is 0 Å². The number of rotatable bonds is 7. The first-order chi connectivity index (χ1) is 13.6. The summed E-state index contributed by atoms with van der Waals surface area (Å²) in [6.07, 6.45) is 5.05. The Morgan fingerprint density at radius 2 is 1.93 bits per heavy atom. The summed E-state index contributed by atoms with van der Waals surface area (Å²) in [5, 5.41) is 7.31. The number of carbonyl (C=O) groups excluding carboxylic acids is 1. The SMILES string of the molecule is COc1ccc(-n2ccc(CNC(=O)/C=C/c3cc(Br)ccc3OC)n2)cc1. The maximum Gasteiger partial charge on any atom is 0.244 e. The molecule has 1 heterocycles. The van der Waals surface area contributed by atoms with Crippen LogP contribution in [-0.4, -0.2) is 29.9 Å². The van der Waals surface area contributed by atoms with Crippen molar-refractivity contribution < 1.29 is 14.3 Å². The van der Waals surface area contributed by atoms with E-state index in [1.165, 1.54) is 6.08 Å². The summed E-state index contributed by atoms with van der Waals surface area (Å²) in [5.74, 6) is 1.28. The van der Waals surface area contributed by atoms with Crippen LogP contribution in [0, 0.1) is 0 Å². The molecule has 1 amide bonds. The summed E-state index contributed by atoms with van der Waals surface area (Å²) in [7, 11) is 3.23. The van der Waals surface area contributed by atoms with Gasteiger partial charge in [0.05, 0.1) is 32.1 Å². The van der Waals surface area contributed by atoms with Crippen molar-refractivity contribution in [2.45, 2.75) is 6.54 Å². The third-order valence-electron chi connectivity index (χ3n) is 4.03. The zero-order chi connectivity index (χ0) is 19.9. The lowest BCUT2D eigenvalue weighted by Gasteiger charge is -2.05. The Hall–Kier alpha value is -3.06. The molecule has 0 saturated carbocycles. The Kier molecular flexibility index (Phi) is 6.49. The summed E-state index contributed by atoms with van der Waals surface area (Å²) in [5.41, 5.74) is 2.49. The summed E-state index contributed by atoms with van der Waals surface area (Å²) in [6, 6.07) is 15.1. The van der Waals surface area contributed by atoms with Crippen molar-refractivity contribution in [3.8, 4) is 17.2 Å². The van der Waals surface area contributed by atoms with E-state index in [0.29, 0.717) is 12.3 Å². The van der Waals surface area contributed by atoms with Crippen LogP contribution in [0.15, 0.2) is 65.3 Å². The van der Waals surface area contributed by atoms with E-state index in [1.54, 1.807) is 25.0 Å². The Morgan fingerprint density at radius 1 is 1.14 bits per heavy atom. The number of hydrogen-bond donors (Lipinski definition) is 1. The van der Waals surface area contributed by atoms with Gasteiger partial charge in [-0.2, -0.15) is 5.10 Å². The highest BCUT2D eigenvalue weighted by molar-refractivity contribution is 9.10. The maximum atomic E-state index is 12.1. The van der Waals surface area contributed by atoms with E-state index in [9.17, 15) is 4.79 Å². The van der Waals surface area contributed by atoms with E-state index in [0.717, 1.165) is 27.2 Å². The number of amides is 1. The first-order valence-electron chi connectivity index (χ1n) is 8.57. The fourth-order valence-electron chi connectivity index (χ4n) is 2.57. The summed E-state index contributed by atoms with van der Waals surface area (Å²) >= 11 is 3.42. The number of nitrogens with one attached hydrogen (secondary N) is 1. The molecule has 1 aromatic heterocycles. The van der Waals surface area contributed by atoms with Crippen molar-refractivity contribution in [3.05, 3.63) is 76.5 Å². The van der Waals surface area contributed by atoms with Gasteiger partial charge in [0.2, 0.25) is 5.91 Å². The number of hydrogen-bond acceptors (Lipinski definition) is 4. The summed E-state index contributed by atoms with van der Waals surface area (Å²) in [6.45, 7) is 0.335. The van der Waals surface area contributed by atoms with E-state index in [1.807, 2.05) is 54.7 Å². The number of methoxy groups -OCH3 is 2. The lowest BCUT2D eigenvalue weighted by Crippen LogP contribution is -2.20. The van der Waals surface area contributed by atoms with Gasteiger partial charge < -0.3 is 14.8 Å². The van der Waals surface area contributed by atoms with E-state index in [-0.39, 0.29) is 5.91 Å². The average molecular weight is 442 g/mol. The van der Waals surface area contributed by atoms with Gasteiger partial charge in [-0.05, 0) is 54.6 Å². The fourth-order valence-corrected chi connectivity index (χ4v) is 2.95. The Morgan fingerprint density at radius 3 is 2.64 bits per heavy atom. The number of aromatic nitrogens is 2. The fraction of sp³-hybridized carbons (Fsp3) is 0.143. The second kappa shape index (κ2) is 9.23. The maximum absolute atomic E-state index is 12.1. The first kappa shape index (κ1) is 19.7. The molecule has 3 rings (SSSR count). The van der Waals surface area contributed by atoms with Crippen LogP contribution >= 0.6 is 15.9 Å². The molecule has 0 aliphatic rings. The molecule has 144 valence electrons. The second-order valence-corrected chi connectivity index (χ2v) is 6.80. The van der Waals surface area contributed by atoms with Crippen molar-refractivity contribution in [1.82, 2.24) is 15.1 Å². The molecule has 6 nitrogen and oxygen atoms in total. The second-order valence-electron chi connectivity index (χ2n) is 5.89. The Balaban J connectivity index is 1.59. The molecule has 0 aliphatic heterocycles. The van der Waals surface area contributed by atoms with Gasteiger partial charge in [0, 0.05) is 22.3 Å². The first-order valence-corrected chi connectivity index (χ1v) is 9.37. The molecule has 2 aromatic carbocycles. The minimum atomic E-state index is -0.207. The number of ether oxygens (including phenoxy) is 2. The smallest absolute Gasteiger partial charge is 0.244 e. The van der Waals surface area contributed by atoms with Crippen LogP contribution < -0.4 is 14.8 Å². The predicted molar refractivity (Wildman–Crippen MR) is 112 cm³/mol. The molecule has 28 heavy (non-hydrogen) atoms. The third-order valence-corrected chi connectivity index (χ3v) is 4.52. The lowest BCUT2D eigenvalue weighted by atomic mass is 10.2. The highest BCUT2D eigenvalue weighted by atomic mass is 79.9. The zero-order valence-electron chi connectivity index (χ0n) is 15.6. The molecular formula is C21H20BrN3O3. The van der Waals surface area contributed by atoms with Crippen LogP contribution in [0.3, 0.4) is 0 Å². The number of carbonyl (C=O) groups is 1. The topological polar surface area (TPSA) is 65.4 Å². The quantitative estimate of drug-likeness (QED) is 0.563. The number of halogens is 1. The molecule has 0 spiro atoms. The molecule has 0 radical (unpaired) electrons. The Bertz CT molecular complexity index is 981. The van der Waals surface area contributed by atoms with Gasteiger partial charge in [0.25, 0.3) is 0 Å². The van der Waals surface area contributed by atoms with Gasteiger partial charge in [-0.25, -0.2) is 4.68 Å². The van der Waals surface area contributed by atoms with Crippen LogP contribution in [0.2, 0.25) is 0 Å². The predicted octanol–water partition coefficient (Wildman–Crippen LogP) is 3.98. The molecule has 0 saturated heterocycles. The minimum Gasteiger partial charge on any atom is -0.497 e. The van der Waals surface area contributed by atoms with Gasteiger partial charge in [-0.3, -0.25) is 4.79 Å². The largest absolute Gasteiger partial charge is 0.497 e. The lowest BCUT2D eigenvalue weighted by molar-refractivity contribution is -0.116. The highest BCUT2D eigenvalue weighted by Gasteiger charge is 2.05. The molecule has 1 N–H and O–H groups in total. The van der Waals surface area contributed by atoms with Crippen molar-refractivity contribution in [2.75, 3.05) is 14.2 Å². The highest BCUT2D eigenvalue weighted by Crippen LogP contribution is 2.24. The van der Waals surface area contributed by atoms with E-state index in [4.69, 9.17) is 9.47 Å². The van der Waals surface area contributed by atoms with Gasteiger partial charge in [0.1, 0.15) is 11.5 Å². The molecule has 3 aromatic rings. The molecule has 0 bridgehead atoms. The summed E-state index contributed by atoms with van der Waals surface area (Å²) < 4.78 is 13.1.